The minimum atomic E-state index is -3.99. The maximum atomic E-state index is 13.5. The van der Waals surface area contributed by atoms with Gasteiger partial charge < -0.3 is 0 Å². The molecule has 2 rings (SSSR count). The molecule has 8 heteroatoms. The normalized spacial score (nSPS) is 12.1. The van der Waals surface area contributed by atoms with E-state index in [1.165, 1.54) is 16.7 Å². The number of halogens is 1. The summed E-state index contributed by atoms with van der Waals surface area (Å²) in [4.78, 5) is 0. The maximum Gasteiger partial charge on any atom is 0.273 e. The molecule has 0 saturated carbocycles. The minimum Gasteiger partial charge on any atom is -0.294 e. The summed E-state index contributed by atoms with van der Waals surface area (Å²) >= 11 is 0. The van der Waals surface area contributed by atoms with Gasteiger partial charge in [-0.25, -0.2) is 17.9 Å². The third kappa shape index (κ3) is 2.70. The SMILES string of the molecule is Cc1cc(F)cc(-c2nnc(S(N)(=O)=O)n2C(C)C)c1. The molecule has 0 fully saturated rings. The van der Waals surface area contributed by atoms with Crippen molar-refractivity contribution in [2.45, 2.75) is 32.0 Å². The van der Waals surface area contributed by atoms with Gasteiger partial charge in [0.05, 0.1) is 0 Å². The molecule has 0 aliphatic carbocycles. The van der Waals surface area contributed by atoms with Crippen molar-refractivity contribution in [3.63, 3.8) is 0 Å². The van der Waals surface area contributed by atoms with Crippen molar-refractivity contribution in [3.05, 3.63) is 29.6 Å². The molecule has 0 atom stereocenters. The molecule has 1 heterocycles. The second-order valence-electron chi connectivity index (χ2n) is 4.83. The van der Waals surface area contributed by atoms with Gasteiger partial charge in [-0.2, -0.15) is 0 Å². The highest BCUT2D eigenvalue weighted by Crippen LogP contribution is 2.25. The lowest BCUT2D eigenvalue weighted by atomic mass is 10.1. The number of aromatic nitrogens is 3. The molecule has 0 unspecified atom stereocenters. The Hall–Kier alpha value is -1.80. The topological polar surface area (TPSA) is 90.9 Å². The Balaban J connectivity index is 2.72. The van der Waals surface area contributed by atoms with E-state index in [2.05, 4.69) is 10.2 Å². The maximum absolute atomic E-state index is 13.5. The third-order valence-electron chi connectivity index (χ3n) is 2.74. The van der Waals surface area contributed by atoms with Crippen molar-refractivity contribution in [2.24, 2.45) is 5.14 Å². The predicted octanol–water partition coefficient (Wildman–Crippen LogP) is 1.62. The van der Waals surface area contributed by atoms with Gasteiger partial charge in [-0.3, -0.25) is 4.57 Å². The van der Waals surface area contributed by atoms with Crippen LogP contribution in [0.4, 0.5) is 4.39 Å². The van der Waals surface area contributed by atoms with Gasteiger partial charge in [0.25, 0.3) is 15.2 Å². The Morgan fingerprint density at radius 1 is 1.25 bits per heavy atom. The lowest BCUT2D eigenvalue weighted by molar-refractivity contribution is 0.524. The zero-order valence-corrected chi connectivity index (χ0v) is 12.1. The van der Waals surface area contributed by atoms with E-state index >= 15 is 0 Å². The van der Waals surface area contributed by atoms with E-state index in [-0.39, 0.29) is 17.0 Å². The number of sulfonamides is 1. The van der Waals surface area contributed by atoms with E-state index in [1.54, 1.807) is 26.8 Å². The molecule has 2 aromatic rings. The monoisotopic (exact) mass is 298 g/mol. The summed E-state index contributed by atoms with van der Waals surface area (Å²) in [6.45, 7) is 5.28. The Bertz CT molecular complexity index is 733. The average molecular weight is 298 g/mol. The molecule has 0 spiro atoms. The van der Waals surface area contributed by atoms with Crippen LogP contribution in [0.15, 0.2) is 23.4 Å². The van der Waals surface area contributed by atoms with E-state index in [0.717, 1.165) is 0 Å². The summed E-state index contributed by atoms with van der Waals surface area (Å²) in [6, 6.07) is 4.12. The lowest BCUT2D eigenvalue weighted by Crippen LogP contribution is -2.20. The molecule has 0 aliphatic heterocycles. The fourth-order valence-electron chi connectivity index (χ4n) is 2.00. The van der Waals surface area contributed by atoms with Crippen molar-refractivity contribution < 1.29 is 12.8 Å². The van der Waals surface area contributed by atoms with Crippen LogP contribution in [0.1, 0.15) is 25.5 Å². The van der Waals surface area contributed by atoms with Crippen LogP contribution in [0.3, 0.4) is 0 Å². The molecular formula is C12H15FN4O2S. The molecule has 1 aromatic heterocycles. The summed E-state index contributed by atoms with van der Waals surface area (Å²) in [6.07, 6.45) is 0. The summed E-state index contributed by atoms with van der Waals surface area (Å²) in [5, 5.41) is 12.3. The van der Waals surface area contributed by atoms with Crippen LogP contribution in [0.2, 0.25) is 0 Å². The van der Waals surface area contributed by atoms with Crippen LogP contribution >= 0.6 is 0 Å². The fraction of sp³-hybridized carbons (Fsp3) is 0.333. The molecular weight excluding hydrogens is 283 g/mol. The molecule has 0 bridgehead atoms. The van der Waals surface area contributed by atoms with Crippen molar-refractivity contribution in [1.29, 1.82) is 0 Å². The van der Waals surface area contributed by atoms with Crippen molar-refractivity contribution in [3.8, 4) is 11.4 Å². The van der Waals surface area contributed by atoms with Crippen LogP contribution in [0.5, 0.6) is 0 Å². The number of hydrogen-bond acceptors (Lipinski definition) is 4. The highest BCUT2D eigenvalue weighted by atomic mass is 32.2. The van der Waals surface area contributed by atoms with Gasteiger partial charge in [-0.05, 0) is 44.5 Å². The van der Waals surface area contributed by atoms with Crippen molar-refractivity contribution in [2.75, 3.05) is 0 Å². The Labute approximate surface area is 116 Å². The first-order valence-corrected chi connectivity index (χ1v) is 7.50. The first-order chi connectivity index (χ1) is 9.20. The van der Waals surface area contributed by atoms with Gasteiger partial charge in [0.1, 0.15) is 5.82 Å². The summed E-state index contributed by atoms with van der Waals surface area (Å²) in [7, 11) is -3.99. The molecule has 108 valence electrons. The first-order valence-electron chi connectivity index (χ1n) is 5.95. The second kappa shape index (κ2) is 4.95. The fourth-order valence-corrected chi connectivity index (χ4v) is 2.72. The first kappa shape index (κ1) is 14.6. The van der Waals surface area contributed by atoms with Crippen LogP contribution < -0.4 is 5.14 Å². The smallest absolute Gasteiger partial charge is 0.273 e. The summed E-state index contributed by atoms with van der Waals surface area (Å²) in [5.74, 6) is -0.151. The molecule has 0 saturated heterocycles. The number of nitrogens with zero attached hydrogens (tertiary/aromatic N) is 3. The zero-order chi connectivity index (χ0) is 15.1. The van der Waals surface area contributed by atoms with Crippen LogP contribution in [0, 0.1) is 12.7 Å². The Morgan fingerprint density at radius 2 is 1.90 bits per heavy atom. The van der Waals surface area contributed by atoms with Gasteiger partial charge in [0.2, 0.25) is 0 Å². The average Bonchev–Trinajstić information content (AvgIpc) is 2.71. The van der Waals surface area contributed by atoms with E-state index in [4.69, 9.17) is 5.14 Å². The molecule has 6 nitrogen and oxygen atoms in total. The third-order valence-corrected chi connectivity index (χ3v) is 3.52. The molecule has 0 radical (unpaired) electrons. The lowest BCUT2D eigenvalue weighted by Gasteiger charge is -2.13. The number of benzene rings is 1. The number of hydrogen-bond donors (Lipinski definition) is 1. The Kier molecular flexibility index (Phi) is 3.61. The van der Waals surface area contributed by atoms with Gasteiger partial charge in [0, 0.05) is 11.6 Å². The van der Waals surface area contributed by atoms with Crippen LogP contribution in [-0.2, 0) is 10.0 Å². The number of aryl methyl sites for hydroxylation is 1. The van der Waals surface area contributed by atoms with Gasteiger partial charge >= 0.3 is 0 Å². The van der Waals surface area contributed by atoms with E-state index in [0.29, 0.717) is 11.1 Å². The molecule has 0 amide bonds. The van der Waals surface area contributed by atoms with Crippen LogP contribution in [0.25, 0.3) is 11.4 Å². The highest BCUT2D eigenvalue weighted by Gasteiger charge is 2.24. The summed E-state index contributed by atoms with van der Waals surface area (Å²) in [5.41, 5.74) is 1.16. The van der Waals surface area contributed by atoms with Gasteiger partial charge in [0.15, 0.2) is 5.82 Å². The zero-order valence-electron chi connectivity index (χ0n) is 11.3. The number of nitrogens with two attached hydrogens (primary N) is 1. The molecule has 2 N–H and O–H groups in total. The number of rotatable bonds is 3. The second-order valence-corrected chi connectivity index (χ2v) is 6.29. The van der Waals surface area contributed by atoms with E-state index < -0.39 is 15.8 Å². The standard InChI is InChI=1S/C12H15FN4O2S/c1-7(2)17-11(15-16-12(17)20(14,18)19)9-4-8(3)5-10(13)6-9/h4-7H,1-3H3,(H2,14,18,19). The van der Waals surface area contributed by atoms with Gasteiger partial charge in [-0.15, -0.1) is 10.2 Å². The van der Waals surface area contributed by atoms with E-state index in [1.807, 2.05) is 0 Å². The molecule has 1 aromatic carbocycles. The molecule has 0 aliphatic rings. The summed E-state index contributed by atoms with van der Waals surface area (Å²) < 4.78 is 37.9. The largest absolute Gasteiger partial charge is 0.294 e. The quantitative estimate of drug-likeness (QED) is 0.932. The van der Waals surface area contributed by atoms with Crippen molar-refractivity contribution >= 4 is 10.0 Å². The minimum absolute atomic E-state index is 0.239. The highest BCUT2D eigenvalue weighted by molar-refractivity contribution is 7.89. The number of primary sulfonamides is 1. The van der Waals surface area contributed by atoms with E-state index in [9.17, 15) is 12.8 Å². The van der Waals surface area contributed by atoms with Crippen LogP contribution in [-0.4, -0.2) is 23.2 Å². The molecule has 20 heavy (non-hydrogen) atoms. The van der Waals surface area contributed by atoms with Gasteiger partial charge in [-0.1, -0.05) is 0 Å². The predicted molar refractivity (Wildman–Crippen MR) is 71.9 cm³/mol. The van der Waals surface area contributed by atoms with Crippen molar-refractivity contribution in [1.82, 2.24) is 14.8 Å². The Morgan fingerprint density at radius 3 is 2.40 bits per heavy atom.